The molecule has 6 nitrogen and oxygen atoms in total. The summed E-state index contributed by atoms with van der Waals surface area (Å²) in [5.74, 6) is 0.108. The lowest BCUT2D eigenvalue weighted by atomic mass is 9.84. The number of hydrogen-bond acceptors (Lipinski definition) is 5. The van der Waals surface area contributed by atoms with Gasteiger partial charge >= 0.3 is 6.09 Å². The van der Waals surface area contributed by atoms with Crippen molar-refractivity contribution in [2.75, 3.05) is 45.2 Å². The van der Waals surface area contributed by atoms with E-state index < -0.39 is 6.09 Å². The molecule has 0 radical (unpaired) electrons. The van der Waals surface area contributed by atoms with Crippen molar-refractivity contribution in [1.82, 2.24) is 9.96 Å². The van der Waals surface area contributed by atoms with Gasteiger partial charge in [0.05, 0.1) is 26.3 Å². The molecule has 1 unspecified atom stereocenters. The minimum Gasteiger partial charge on any atom is -0.379 e. The number of carbonyl (C=O) groups is 1. The van der Waals surface area contributed by atoms with Crippen LogP contribution in [0.4, 0.5) is 10.5 Å². The Hall–Kier alpha value is -1.83. The quantitative estimate of drug-likeness (QED) is 0.775. The normalized spacial score (nSPS) is 20.2. The number of ether oxygens (including phenoxy) is 1. The van der Waals surface area contributed by atoms with Crippen LogP contribution >= 0.6 is 23.2 Å². The number of hydrogen-bond donors (Lipinski definition) is 1. The molecule has 0 saturated carbocycles. The van der Waals surface area contributed by atoms with E-state index in [1.165, 1.54) is 0 Å². The summed E-state index contributed by atoms with van der Waals surface area (Å²) in [5.41, 5.74) is 4.00. The maximum Gasteiger partial charge on any atom is 0.430 e. The molecule has 2 aromatic carbocycles. The standard InChI is InChI=1S/C21H23Cl2N3O3/c1-25-12-18(17-10-15(22)11-20(23)19(17)13-25)14-3-2-4-16(9-14)24-21(27)29-26-5-7-28-8-6-26/h2-4,9-11,18H,5-8,12-13H2,1H3,(H,24,27). The van der Waals surface area contributed by atoms with Gasteiger partial charge in [0.25, 0.3) is 0 Å². The highest BCUT2D eigenvalue weighted by molar-refractivity contribution is 6.35. The van der Waals surface area contributed by atoms with Crippen LogP contribution in [-0.4, -0.2) is 56.0 Å². The summed E-state index contributed by atoms with van der Waals surface area (Å²) in [6.07, 6.45) is -0.503. The Morgan fingerprint density at radius 1 is 1.21 bits per heavy atom. The number of halogens is 2. The molecule has 0 bridgehead atoms. The Morgan fingerprint density at radius 3 is 2.79 bits per heavy atom. The predicted octanol–water partition coefficient (Wildman–Crippen LogP) is 4.37. The molecule has 2 aromatic rings. The van der Waals surface area contributed by atoms with Crippen LogP contribution in [-0.2, 0) is 16.1 Å². The molecule has 8 heteroatoms. The number of morpholine rings is 1. The van der Waals surface area contributed by atoms with Crippen LogP contribution in [0.5, 0.6) is 0 Å². The van der Waals surface area contributed by atoms with E-state index in [0.717, 1.165) is 29.8 Å². The van der Waals surface area contributed by atoms with E-state index in [9.17, 15) is 4.79 Å². The zero-order valence-electron chi connectivity index (χ0n) is 16.2. The number of benzene rings is 2. The van der Waals surface area contributed by atoms with E-state index in [2.05, 4.69) is 23.3 Å². The summed E-state index contributed by atoms with van der Waals surface area (Å²) in [6.45, 7) is 3.88. The van der Waals surface area contributed by atoms with Crippen molar-refractivity contribution >= 4 is 35.0 Å². The minimum atomic E-state index is -0.503. The molecule has 1 amide bonds. The van der Waals surface area contributed by atoms with Gasteiger partial charge in [0.15, 0.2) is 0 Å². The Labute approximate surface area is 180 Å². The number of anilines is 1. The molecule has 1 atom stereocenters. The van der Waals surface area contributed by atoms with Crippen molar-refractivity contribution in [3.8, 4) is 0 Å². The summed E-state index contributed by atoms with van der Waals surface area (Å²) in [5, 5.41) is 5.75. The molecule has 1 fully saturated rings. The number of nitrogens with zero attached hydrogens (tertiary/aromatic N) is 2. The largest absolute Gasteiger partial charge is 0.430 e. The van der Waals surface area contributed by atoms with Gasteiger partial charge in [0.2, 0.25) is 0 Å². The molecular formula is C21H23Cl2N3O3. The van der Waals surface area contributed by atoms with E-state index in [1.54, 1.807) is 11.1 Å². The first-order valence-corrected chi connectivity index (χ1v) is 10.3. The highest BCUT2D eigenvalue weighted by atomic mass is 35.5. The number of carbonyl (C=O) groups excluding carboxylic acids is 1. The second kappa shape index (κ2) is 8.90. The van der Waals surface area contributed by atoms with Gasteiger partial charge in [-0.25, -0.2) is 4.79 Å². The maximum atomic E-state index is 12.2. The second-order valence-electron chi connectivity index (χ2n) is 7.38. The van der Waals surface area contributed by atoms with Crippen LogP contribution in [0.1, 0.15) is 22.6 Å². The lowest BCUT2D eigenvalue weighted by Crippen LogP contribution is -2.39. The number of likely N-dealkylation sites (N-methyl/N-ethyl adjacent to an activating group) is 1. The van der Waals surface area contributed by atoms with Gasteiger partial charge in [-0.05, 0) is 48.0 Å². The second-order valence-corrected chi connectivity index (χ2v) is 8.22. The van der Waals surface area contributed by atoms with Gasteiger partial charge in [0.1, 0.15) is 0 Å². The van der Waals surface area contributed by atoms with E-state index >= 15 is 0 Å². The number of amides is 1. The SMILES string of the molecule is CN1Cc2c(Cl)cc(Cl)cc2C(c2cccc(NC(=O)ON3CCOCC3)c2)C1. The zero-order chi connectivity index (χ0) is 20.4. The van der Waals surface area contributed by atoms with E-state index in [1.807, 2.05) is 24.3 Å². The monoisotopic (exact) mass is 435 g/mol. The molecule has 0 aliphatic carbocycles. The van der Waals surface area contributed by atoms with Crippen molar-refractivity contribution < 1.29 is 14.4 Å². The fourth-order valence-corrected chi connectivity index (χ4v) is 4.43. The van der Waals surface area contributed by atoms with Crippen molar-refractivity contribution in [1.29, 1.82) is 0 Å². The summed E-state index contributed by atoms with van der Waals surface area (Å²) in [7, 11) is 2.07. The first-order chi connectivity index (χ1) is 14.0. The van der Waals surface area contributed by atoms with Gasteiger partial charge in [0, 0.05) is 34.7 Å². The molecule has 4 rings (SSSR count). The molecule has 1 saturated heterocycles. The van der Waals surface area contributed by atoms with Crippen LogP contribution < -0.4 is 5.32 Å². The van der Waals surface area contributed by atoms with Gasteiger partial charge in [-0.2, -0.15) is 0 Å². The lowest BCUT2D eigenvalue weighted by Gasteiger charge is -2.33. The summed E-state index contributed by atoms with van der Waals surface area (Å²) >= 11 is 12.7. The highest BCUT2D eigenvalue weighted by Gasteiger charge is 2.27. The van der Waals surface area contributed by atoms with E-state index in [4.69, 9.17) is 32.8 Å². The molecule has 154 valence electrons. The van der Waals surface area contributed by atoms with Crippen molar-refractivity contribution in [2.45, 2.75) is 12.5 Å². The summed E-state index contributed by atoms with van der Waals surface area (Å²) in [4.78, 5) is 19.8. The molecule has 1 N–H and O–H groups in total. The van der Waals surface area contributed by atoms with Gasteiger partial charge < -0.3 is 14.5 Å². The number of hydroxylamine groups is 2. The smallest absolute Gasteiger partial charge is 0.379 e. The highest BCUT2D eigenvalue weighted by Crippen LogP contribution is 2.38. The Bertz CT molecular complexity index is 903. The van der Waals surface area contributed by atoms with Crippen molar-refractivity contribution in [3.63, 3.8) is 0 Å². The van der Waals surface area contributed by atoms with Gasteiger partial charge in [-0.3, -0.25) is 5.32 Å². The number of nitrogens with one attached hydrogen (secondary N) is 1. The Kier molecular flexibility index (Phi) is 6.27. The van der Waals surface area contributed by atoms with Gasteiger partial charge in [-0.15, -0.1) is 5.06 Å². The third-order valence-corrected chi connectivity index (χ3v) is 5.77. The van der Waals surface area contributed by atoms with Gasteiger partial charge in [-0.1, -0.05) is 35.3 Å². The van der Waals surface area contributed by atoms with E-state index in [0.29, 0.717) is 42.0 Å². The maximum absolute atomic E-state index is 12.2. The molecule has 2 aliphatic rings. The summed E-state index contributed by atoms with van der Waals surface area (Å²) in [6, 6.07) is 11.6. The fraction of sp³-hybridized carbons (Fsp3) is 0.381. The van der Waals surface area contributed by atoms with Crippen LogP contribution in [0, 0.1) is 0 Å². The molecule has 29 heavy (non-hydrogen) atoms. The van der Waals surface area contributed by atoms with Crippen LogP contribution in [0.3, 0.4) is 0 Å². The fourth-order valence-electron chi connectivity index (χ4n) is 3.86. The molecule has 0 spiro atoms. The molecule has 0 aromatic heterocycles. The zero-order valence-corrected chi connectivity index (χ0v) is 17.7. The average molecular weight is 436 g/mol. The van der Waals surface area contributed by atoms with Crippen LogP contribution in [0.2, 0.25) is 10.0 Å². The van der Waals surface area contributed by atoms with Crippen molar-refractivity contribution in [3.05, 3.63) is 63.1 Å². The average Bonchev–Trinajstić information content (AvgIpc) is 2.69. The first kappa shape index (κ1) is 20.4. The molecule has 2 heterocycles. The predicted molar refractivity (Wildman–Crippen MR) is 114 cm³/mol. The van der Waals surface area contributed by atoms with Crippen LogP contribution in [0.15, 0.2) is 36.4 Å². The third-order valence-electron chi connectivity index (χ3n) is 5.21. The van der Waals surface area contributed by atoms with Crippen LogP contribution in [0.25, 0.3) is 0 Å². The Balaban J connectivity index is 1.54. The minimum absolute atomic E-state index is 0.108. The number of rotatable bonds is 3. The van der Waals surface area contributed by atoms with E-state index in [-0.39, 0.29) is 5.92 Å². The number of fused-ring (bicyclic) bond motifs is 1. The molecular weight excluding hydrogens is 413 g/mol. The summed E-state index contributed by atoms with van der Waals surface area (Å²) < 4.78 is 5.26. The Morgan fingerprint density at radius 2 is 2.00 bits per heavy atom. The lowest BCUT2D eigenvalue weighted by molar-refractivity contribution is -0.142. The molecule has 2 aliphatic heterocycles. The third kappa shape index (κ3) is 4.85. The van der Waals surface area contributed by atoms with Crippen molar-refractivity contribution in [2.24, 2.45) is 0 Å². The first-order valence-electron chi connectivity index (χ1n) is 9.57. The topological polar surface area (TPSA) is 54.0 Å².